The highest BCUT2D eigenvalue weighted by Crippen LogP contribution is 2.58. The van der Waals surface area contributed by atoms with Crippen LogP contribution in [0.15, 0.2) is 30.3 Å². The van der Waals surface area contributed by atoms with Gasteiger partial charge < -0.3 is 34.1 Å². The molecule has 3 heterocycles. The number of nitrogens with zero attached hydrogens (tertiary/aromatic N) is 1. The fourth-order valence-corrected chi connectivity index (χ4v) is 8.28. The molecular formula is C41H57F3N2O11. The first-order valence-electron chi connectivity index (χ1n) is 20.1. The number of benzene rings is 1. The average Bonchev–Trinajstić information content (AvgIpc) is 3.69. The van der Waals surface area contributed by atoms with Crippen LogP contribution >= 0.6 is 0 Å². The van der Waals surface area contributed by atoms with Crippen molar-refractivity contribution in [2.45, 2.75) is 166 Å². The number of fused-ring (bicyclic) bond motifs is 4. The Morgan fingerprint density at radius 3 is 2.33 bits per heavy atom. The second-order valence-electron chi connectivity index (χ2n) is 16.4. The monoisotopic (exact) mass is 810 g/mol. The second kappa shape index (κ2) is 18.6. The zero-order valence-electron chi connectivity index (χ0n) is 33.4. The summed E-state index contributed by atoms with van der Waals surface area (Å²) in [7, 11) is 0. The Kier molecular flexibility index (Phi) is 14.5. The first-order chi connectivity index (χ1) is 26.9. The van der Waals surface area contributed by atoms with Gasteiger partial charge in [0.15, 0.2) is 18.4 Å². The number of hydrogen-bond acceptors (Lipinski definition) is 12. The van der Waals surface area contributed by atoms with E-state index in [-0.39, 0.29) is 25.8 Å². The number of ether oxygens (including phenoxy) is 5. The first-order valence-corrected chi connectivity index (χ1v) is 20.1. The van der Waals surface area contributed by atoms with Crippen LogP contribution in [0, 0.1) is 5.41 Å². The minimum Gasteiger partial charge on any atom is -0.460 e. The van der Waals surface area contributed by atoms with Crippen molar-refractivity contribution in [3.05, 3.63) is 41.5 Å². The molecule has 4 fully saturated rings. The van der Waals surface area contributed by atoms with E-state index in [0.29, 0.717) is 24.0 Å². The number of amides is 1. The topological polar surface area (TPSA) is 159 Å². The largest absolute Gasteiger partial charge is 0.460 e. The molecule has 0 spiro atoms. The number of nitrogens with one attached hydrogen (secondary N) is 1. The lowest BCUT2D eigenvalue weighted by atomic mass is 9.62. The summed E-state index contributed by atoms with van der Waals surface area (Å²) >= 11 is 0. The molecule has 3 aliphatic heterocycles. The molecule has 1 aromatic carbocycles. The van der Waals surface area contributed by atoms with Gasteiger partial charge in [0.1, 0.15) is 35.4 Å². The third-order valence-corrected chi connectivity index (χ3v) is 10.8. The van der Waals surface area contributed by atoms with Gasteiger partial charge in [-0.05, 0) is 57.2 Å². The zero-order chi connectivity index (χ0) is 41.6. The predicted molar refractivity (Wildman–Crippen MR) is 198 cm³/mol. The maximum atomic E-state index is 14.8. The van der Waals surface area contributed by atoms with Crippen molar-refractivity contribution in [2.75, 3.05) is 13.2 Å². The standard InChI is InChI=1S/C41H57F3N2O11/c1-6-8-12-20-39(21-13-9-7-2)55-32-29-22-40(37(51)45-28(24-47)17-19-31(49)54-38(3,4)5)34(36(50)53-29)46(57-35(40)33(32)56-39)23-27-15-11-10-14-26(27)16-18-30(48)52-25-41(42,43)44/h10-11,14-16,18,28-29,32-35,47H,6-9,12-13,17,19-25H2,1-5H3,(H,45,51)/t28-,29+,32-,33-,34-,35+,40-/m0/s1. The Morgan fingerprint density at radius 2 is 1.70 bits per heavy atom. The van der Waals surface area contributed by atoms with E-state index >= 15 is 0 Å². The number of esters is 3. The number of hydrogen-bond donors (Lipinski definition) is 2. The number of aliphatic hydroxyl groups is 1. The van der Waals surface area contributed by atoms with Crippen molar-refractivity contribution in [3.63, 3.8) is 0 Å². The molecular weight excluding hydrogens is 753 g/mol. The van der Waals surface area contributed by atoms with Gasteiger partial charge in [0, 0.05) is 31.8 Å². The molecule has 13 nitrogen and oxygen atoms in total. The van der Waals surface area contributed by atoms with Crippen LogP contribution in [0.25, 0.3) is 6.08 Å². The number of carbonyl (C=O) groups is 4. The van der Waals surface area contributed by atoms with Crippen molar-refractivity contribution >= 4 is 29.9 Å². The van der Waals surface area contributed by atoms with Gasteiger partial charge in [0.2, 0.25) is 5.91 Å². The van der Waals surface area contributed by atoms with E-state index < -0.39 is 96.5 Å². The molecule has 0 aromatic heterocycles. The highest BCUT2D eigenvalue weighted by atomic mass is 19.4. The summed E-state index contributed by atoms with van der Waals surface area (Å²) in [4.78, 5) is 60.4. The lowest BCUT2D eigenvalue weighted by molar-refractivity contribution is -0.224. The summed E-state index contributed by atoms with van der Waals surface area (Å²) in [6.45, 7) is 7.10. The summed E-state index contributed by atoms with van der Waals surface area (Å²) in [6.07, 6.45) is 0.790. The average molecular weight is 811 g/mol. The van der Waals surface area contributed by atoms with E-state index in [9.17, 15) is 37.5 Å². The number of alkyl halides is 3. The maximum absolute atomic E-state index is 14.8. The highest BCUT2D eigenvalue weighted by molar-refractivity contribution is 5.94. The van der Waals surface area contributed by atoms with E-state index in [2.05, 4.69) is 23.9 Å². The van der Waals surface area contributed by atoms with Gasteiger partial charge in [0.05, 0.1) is 19.2 Å². The molecule has 4 aliphatic rings. The molecule has 1 saturated carbocycles. The Balaban J connectivity index is 1.47. The Hall–Kier alpha value is -3.57. The number of carbonyl (C=O) groups excluding carboxylic acids is 4. The van der Waals surface area contributed by atoms with Crippen LogP contribution in [0.1, 0.15) is 116 Å². The number of halogens is 3. The second-order valence-corrected chi connectivity index (χ2v) is 16.4. The fraction of sp³-hybridized carbons (Fsp3) is 0.707. The third kappa shape index (κ3) is 10.7. The van der Waals surface area contributed by atoms with Crippen LogP contribution in [0.3, 0.4) is 0 Å². The Labute approximate surface area is 331 Å². The zero-order valence-corrected chi connectivity index (χ0v) is 33.4. The van der Waals surface area contributed by atoms with Crippen molar-refractivity contribution < 1.29 is 66.0 Å². The number of hydroxylamine groups is 2. The van der Waals surface area contributed by atoms with E-state index in [4.69, 9.17) is 23.8 Å². The fourth-order valence-electron chi connectivity index (χ4n) is 8.28. The highest BCUT2D eigenvalue weighted by Gasteiger charge is 2.76. The number of rotatable bonds is 19. The van der Waals surface area contributed by atoms with Gasteiger partial charge in [-0.2, -0.15) is 18.2 Å². The number of aliphatic hydroxyl groups excluding tert-OH is 1. The van der Waals surface area contributed by atoms with Crippen LogP contribution < -0.4 is 5.32 Å². The van der Waals surface area contributed by atoms with Crippen molar-refractivity contribution in [1.82, 2.24) is 10.4 Å². The summed E-state index contributed by atoms with van der Waals surface area (Å²) in [5.41, 5.74) is -1.37. The SMILES string of the molecule is CCCCCC1(CCCCC)O[C@@H]2[C@H](O1)[C@H]1ON(Cc3ccccc3C=CC(=O)OCC(F)(F)F)[C@H]3C(=O)O[C@@H]2C[C@@]13C(=O)N[C@H](CO)CCC(=O)OC(C)(C)C. The summed E-state index contributed by atoms with van der Waals surface area (Å²) in [5.74, 6) is -3.99. The Morgan fingerprint density at radius 1 is 1.04 bits per heavy atom. The quantitative estimate of drug-likeness (QED) is 0.0745. The van der Waals surface area contributed by atoms with Crippen molar-refractivity contribution in [3.8, 4) is 0 Å². The molecule has 0 unspecified atom stereocenters. The van der Waals surface area contributed by atoms with Gasteiger partial charge in [-0.1, -0.05) is 63.8 Å². The van der Waals surface area contributed by atoms with E-state index in [0.717, 1.165) is 44.6 Å². The maximum Gasteiger partial charge on any atom is 0.422 e. The van der Waals surface area contributed by atoms with Crippen molar-refractivity contribution in [2.24, 2.45) is 5.41 Å². The van der Waals surface area contributed by atoms with E-state index in [1.807, 2.05) is 0 Å². The molecule has 2 N–H and O–H groups in total. The molecule has 1 aromatic rings. The minimum absolute atomic E-state index is 0.0255. The van der Waals surface area contributed by atoms with Crippen LogP contribution in [-0.2, 0) is 54.2 Å². The van der Waals surface area contributed by atoms with Crippen LogP contribution in [0.2, 0.25) is 0 Å². The predicted octanol–water partition coefficient (Wildman–Crippen LogP) is 5.85. The number of unbranched alkanes of at least 4 members (excludes halogenated alkanes) is 4. The van der Waals surface area contributed by atoms with Gasteiger partial charge in [-0.3, -0.25) is 19.2 Å². The first kappa shape index (κ1) is 44.5. The van der Waals surface area contributed by atoms with Gasteiger partial charge >= 0.3 is 24.1 Å². The lowest BCUT2D eigenvalue weighted by Crippen LogP contribution is -2.70. The molecule has 0 radical (unpaired) electrons. The molecule has 1 aliphatic carbocycles. The van der Waals surface area contributed by atoms with E-state index in [1.165, 1.54) is 11.1 Å². The molecule has 1 amide bonds. The third-order valence-electron chi connectivity index (χ3n) is 10.8. The van der Waals surface area contributed by atoms with Crippen LogP contribution in [-0.4, -0.2) is 101 Å². The summed E-state index contributed by atoms with van der Waals surface area (Å²) in [6, 6.07) is 4.53. The molecule has 57 heavy (non-hydrogen) atoms. The summed E-state index contributed by atoms with van der Waals surface area (Å²) in [5, 5.41) is 14.6. The summed E-state index contributed by atoms with van der Waals surface area (Å²) < 4.78 is 67.4. The van der Waals surface area contributed by atoms with Gasteiger partial charge in [0.25, 0.3) is 0 Å². The molecule has 3 saturated heterocycles. The Bertz CT molecular complexity index is 1600. The lowest BCUT2D eigenvalue weighted by Gasteiger charge is -2.49. The molecule has 318 valence electrons. The van der Waals surface area contributed by atoms with Crippen molar-refractivity contribution in [1.29, 1.82) is 0 Å². The van der Waals surface area contributed by atoms with Crippen LogP contribution in [0.5, 0.6) is 0 Å². The van der Waals surface area contributed by atoms with E-state index in [1.54, 1.807) is 45.0 Å². The molecule has 16 heteroatoms. The molecule has 5 rings (SSSR count). The minimum atomic E-state index is -4.69. The normalized spacial score (nSPS) is 27.2. The van der Waals surface area contributed by atoms with Crippen LogP contribution in [0.4, 0.5) is 13.2 Å². The molecule has 2 bridgehead atoms. The smallest absolute Gasteiger partial charge is 0.422 e. The van der Waals surface area contributed by atoms with Gasteiger partial charge in [-0.15, -0.1) is 0 Å². The van der Waals surface area contributed by atoms with Gasteiger partial charge in [-0.25, -0.2) is 4.79 Å². The molecule has 7 atom stereocenters.